The molecule has 0 fully saturated rings. The Bertz CT molecular complexity index is 1040. The van der Waals surface area contributed by atoms with Gasteiger partial charge in [0.25, 0.3) is 5.69 Å². The minimum atomic E-state index is -0.463. The van der Waals surface area contributed by atoms with E-state index in [1.54, 1.807) is 29.1 Å². The lowest BCUT2D eigenvalue weighted by atomic mass is 10.2. The van der Waals surface area contributed by atoms with Crippen LogP contribution in [0.25, 0.3) is 11.4 Å². The van der Waals surface area contributed by atoms with Crippen molar-refractivity contribution in [2.45, 2.75) is 17.5 Å². The first-order valence-electron chi connectivity index (χ1n) is 7.68. The number of benzene rings is 1. The van der Waals surface area contributed by atoms with E-state index in [1.807, 2.05) is 6.07 Å². The third kappa shape index (κ3) is 3.84. The highest BCUT2D eigenvalue weighted by atomic mass is 32.2. The number of aromatic nitrogens is 6. The van der Waals surface area contributed by atoms with Gasteiger partial charge in [-0.15, -0.1) is 5.10 Å². The smallest absolute Gasteiger partial charge is 0.269 e. The van der Waals surface area contributed by atoms with Gasteiger partial charge in [0.05, 0.1) is 16.9 Å². The molecule has 0 unspecified atom stereocenters. The second-order valence-corrected chi connectivity index (χ2v) is 6.25. The molecule has 0 amide bonds. The monoisotopic (exact) mass is 385 g/mol. The van der Waals surface area contributed by atoms with Gasteiger partial charge in [-0.3, -0.25) is 10.1 Å². The fourth-order valence-corrected chi connectivity index (χ4v) is 2.95. The van der Waals surface area contributed by atoms with Crippen molar-refractivity contribution in [3.63, 3.8) is 0 Å². The second-order valence-electron chi connectivity index (χ2n) is 5.30. The van der Waals surface area contributed by atoms with Gasteiger partial charge in [-0.25, -0.2) is 4.68 Å². The highest BCUT2D eigenvalue weighted by molar-refractivity contribution is 7.98. The third-order valence-corrected chi connectivity index (χ3v) is 4.46. The molecule has 12 heteroatoms. The standard InChI is InChI=1S/C15H11N7O4S/c23-22(24)11-5-3-10(4-6-11)14-16-13(26-18-14)9-27-15-17-19-20-21(15)8-12-2-1-7-25-12/h1-7H,8-9H2. The lowest BCUT2D eigenvalue weighted by Crippen LogP contribution is -2.03. The molecule has 136 valence electrons. The van der Waals surface area contributed by atoms with Crippen LogP contribution in [0, 0.1) is 10.1 Å². The number of tetrazole rings is 1. The van der Waals surface area contributed by atoms with E-state index in [2.05, 4.69) is 25.7 Å². The zero-order valence-electron chi connectivity index (χ0n) is 13.6. The molecule has 0 aliphatic carbocycles. The van der Waals surface area contributed by atoms with Crippen molar-refractivity contribution < 1.29 is 13.9 Å². The molecule has 0 aliphatic rings. The molecule has 27 heavy (non-hydrogen) atoms. The van der Waals surface area contributed by atoms with E-state index < -0.39 is 4.92 Å². The van der Waals surface area contributed by atoms with Gasteiger partial charge in [0, 0.05) is 17.7 Å². The summed E-state index contributed by atoms with van der Waals surface area (Å²) in [6.45, 7) is 0.417. The molecular weight excluding hydrogens is 374 g/mol. The number of hydrogen-bond donors (Lipinski definition) is 0. The number of rotatable bonds is 7. The molecule has 0 saturated heterocycles. The average molecular weight is 385 g/mol. The highest BCUT2D eigenvalue weighted by Gasteiger charge is 2.14. The molecule has 0 radical (unpaired) electrons. The summed E-state index contributed by atoms with van der Waals surface area (Å²) in [5, 5.41) is 26.8. The van der Waals surface area contributed by atoms with Gasteiger partial charge >= 0.3 is 0 Å². The first-order chi connectivity index (χ1) is 13.2. The summed E-state index contributed by atoms with van der Waals surface area (Å²) < 4.78 is 12.1. The van der Waals surface area contributed by atoms with Crippen molar-refractivity contribution in [1.82, 2.24) is 30.3 Å². The predicted octanol–water partition coefficient (Wildman–Crippen LogP) is 2.56. The Labute approximate surface area is 155 Å². The summed E-state index contributed by atoms with van der Waals surface area (Å²) in [5.74, 6) is 1.86. The normalized spacial score (nSPS) is 11.0. The van der Waals surface area contributed by atoms with Crippen LogP contribution in [0.15, 0.2) is 56.8 Å². The Hall–Kier alpha value is -3.54. The molecule has 0 bridgehead atoms. The third-order valence-electron chi connectivity index (χ3n) is 3.51. The first kappa shape index (κ1) is 16.9. The van der Waals surface area contributed by atoms with E-state index in [9.17, 15) is 10.1 Å². The van der Waals surface area contributed by atoms with Crippen LogP contribution in [-0.4, -0.2) is 35.3 Å². The molecule has 3 heterocycles. The summed E-state index contributed by atoms with van der Waals surface area (Å²) in [6, 6.07) is 9.56. The van der Waals surface area contributed by atoms with Crippen molar-refractivity contribution in [2.75, 3.05) is 0 Å². The molecule has 1 aromatic carbocycles. The van der Waals surface area contributed by atoms with Crippen LogP contribution < -0.4 is 0 Å². The van der Waals surface area contributed by atoms with E-state index in [0.717, 1.165) is 5.76 Å². The van der Waals surface area contributed by atoms with Crippen molar-refractivity contribution >= 4 is 17.4 Å². The number of furan rings is 1. The van der Waals surface area contributed by atoms with E-state index in [1.165, 1.54) is 23.9 Å². The van der Waals surface area contributed by atoms with Gasteiger partial charge in [0.1, 0.15) is 12.3 Å². The Kier molecular flexibility index (Phi) is 4.61. The van der Waals surface area contributed by atoms with Crippen LogP contribution in [-0.2, 0) is 12.3 Å². The van der Waals surface area contributed by atoms with E-state index in [-0.39, 0.29) is 5.69 Å². The average Bonchev–Trinajstić information content (AvgIpc) is 3.43. The molecule has 0 aliphatic heterocycles. The van der Waals surface area contributed by atoms with Gasteiger partial charge < -0.3 is 8.94 Å². The van der Waals surface area contributed by atoms with Crippen LogP contribution >= 0.6 is 11.8 Å². The van der Waals surface area contributed by atoms with Crippen molar-refractivity contribution in [3.8, 4) is 11.4 Å². The maximum Gasteiger partial charge on any atom is 0.269 e. The minimum absolute atomic E-state index is 0.00131. The fourth-order valence-electron chi connectivity index (χ4n) is 2.24. The van der Waals surface area contributed by atoms with Gasteiger partial charge in [0.2, 0.25) is 16.9 Å². The van der Waals surface area contributed by atoms with Gasteiger partial charge in [-0.2, -0.15) is 4.98 Å². The molecule has 0 atom stereocenters. The molecule has 4 aromatic rings. The first-order valence-corrected chi connectivity index (χ1v) is 8.66. The van der Waals surface area contributed by atoms with Crippen LogP contribution in [0.4, 0.5) is 5.69 Å². The molecule has 0 spiro atoms. The fraction of sp³-hybridized carbons (Fsp3) is 0.133. The SMILES string of the molecule is O=[N+]([O-])c1ccc(-c2noc(CSc3nnnn3Cc3ccco3)n2)cc1. The van der Waals surface area contributed by atoms with E-state index in [4.69, 9.17) is 8.94 Å². The van der Waals surface area contributed by atoms with Crippen molar-refractivity contribution in [2.24, 2.45) is 0 Å². The lowest BCUT2D eigenvalue weighted by Gasteiger charge is -2.00. The molecule has 11 nitrogen and oxygen atoms in total. The van der Waals surface area contributed by atoms with Crippen LogP contribution in [0.3, 0.4) is 0 Å². The maximum atomic E-state index is 10.7. The van der Waals surface area contributed by atoms with E-state index in [0.29, 0.717) is 34.7 Å². The lowest BCUT2D eigenvalue weighted by molar-refractivity contribution is -0.384. The predicted molar refractivity (Wildman–Crippen MR) is 91.6 cm³/mol. The van der Waals surface area contributed by atoms with Gasteiger partial charge in [-0.05, 0) is 34.7 Å². The van der Waals surface area contributed by atoms with Crippen LogP contribution in [0.5, 0.6) is 0 Å². The zero-order valence-corrected chi connectivity index (χ0v) is 14.4. The van der Waals surface area contributed by atoms with Crippen molar-refractivity contribution in [3.05, 3.63) is 64.4 Å². The molecule has 0 N–H and O–H groups in total. The Balaban J connectivity index is 1.42. The molecule has 0 saturated carbocycles. The van der Waals surface area contributed by atoms with E-state index >= 15 is 0 Å². The molecular formula is C15H11N7O4S. The second kappa shape index (κ2) is 7.37. The summed E-state index contributed by atoms with van der Waals surface area (Å²) >= 11 is 1.34. The van der Waals surface area contributed by atoms with Crippen LogP contribution in [0.2, 0.25) is 0 Å². The Morgan fingerprint density at radius 3 is 2.81 bits per heavy atom. The summed E-state index contributed by atoms with van der Waals surface area (Å²) in [4.78, 5) is 14.5. The van der Waals surface area contributed by atoms with Gasteiger partial charge in [-0.1, -0.05) is 16.9 Å². The zero-order chi connectivity index (χ0) is 18.6. The maximum absolute atomic E-state index is 10.7. The Morgan fingerprint density at radius 1 is 1.22 bits per heavy atom. The highest BCUT2D eigenvalue weighted by Crippen LogP contribution is 2.23. The van der Waals surface area contributed by atoms with Gasteiger partial charge in [0.15, 0.2) is 0 Å². The molecule has 4 rings (SSSR count). The minimum Gasteiger partial charge on any atom is -0.467 e. The molecule has 3 aromatic heterocycles. The number of nitro benzene ring substituents is 1. The largest absolute Gasteiger partial charge is 0.467 e. The number of hydrogen-bond acceptors (Lipinski definition) is 10. The number of non-ortho nitro benzene ring substituents is 1. The quantitative estimate of drug-likeness (QED) is 0.265. The topological polar surface area (TPSA) is 139 Å². The number of nitro groups is 1. The number of nitrogens with zero attached hydrogens (tertiary/aromatic N) is 7. The van der Waals surface area contributed by atoms with Crippen molar-refractivity contribution in [1.29, 1.82) is 0 Å². The van der Waals surface area contributed by atoms with Crippen LogP contribution in [0.1, 0.15) is 11.7 Å². The summed E-state index contributed by atoms with van der Waals surface area (Å²) in [7, 11) is 0. The summed E-state index contributed by atoms with van der Waals surface area (Å²) in [5.41, 5.74) is 0.629. The number of thioether (sulfide) groups is 1. The Morgan fingerprint density at radius 2 is 2.07 bits per heavy atom. The summed E-state index contributed by atoms with van der Waals surface area (Å²) in [6.07, 6.45) is 1.59.